The average molecular weight is 210 g/mol. The van der Waals surface area contributed by atoms with E-state index in [4.69, 9.17) is 4.74 Å². The van der Waals surface area contributed by atoms with Crippen LogP contribution >= 0.6 is 0 Å². The van der Waals surface area contributed by atoms with Crippen molar-refractivity contribution < 1.29 is 9.53 Å². The maximum atomic E-state index is 11.0. The topological polar surface area (TPSA) is 51.2 Å². The first-order valence-electron chi connectivity index (χ1n) is 5.08. The number of hydrogen-bond acceptors (Lipinski definition) is 3. The second-order valence-electron chi connectivity index (χ2n) is 2.54. The quantitative estimate of drug-likeness (QED) is 0.816. The molecule has 0 atom stereocenters. The second kappa shape index (κ2) is 7.79. The van der Waals surface area contributed by atoms with Crippen LogP contribution in [0.3, 0.4) is 0 Å². The van der Waals surface area contributed by atoms with E-state index in [9.17, 15) is 4.79 Å². The largest absolute Gasteiger partial charge is 0.450 e. The minimum atomic E-state index is -0.434. The molecule has 0 saturated heterocycles. The first-order chi connectivity index (χ1) is 7.24. The fraction of sp³-hybridized carbons (Fsp3) is 0.455. The van der Waals surface area contributed by atoms with E-state index < -0.39 is 6.09 Å². The number of carbonyl (C=O) groups is 1. The fourth-order valence-corrected chi connectivity index (χ4v) is 0.891. The Labute approximate surface area is 90.7 Å². The molecule has 0 aliphatic heterocycles. The fourth-order valence-electron chi connectivity index (χ4n) is 0.891. The highest BCUT2D eigenvalue weighted by molar-refractivity contribution is 5.85. The Bertz CT molecular complexity index is 300. The Morgan fingerprint density at radius 2 is 2.20 bits per heavy atom. The second-order valence-corrected chi connectivity index (χ2v) is 2.54. The van der Waals surface area contributed by atoms with Crippen LogP contribution in [0, 0.1) is 6.92 Å². The van der Waals surface area contributed by atoms with Crippen molar-refractivity contribution in [2.45, 2.75) is 27.7 Å². The third kappa shape index (κ3) is 5.00. The van der Waals surface area contributed by atoms with Crippen molar-refractivity contribution in [2.24, 2.45) is 0 Å². The molecule has 0 spiro atoms. The van der Waals surface area contributed by atoms with Crippen LogP contribution in [0.5, 0.6) is 0 Å². The summed E-state index contributed by atoms with van der Waals surface area (Å²) in [6.07, 6.45) is 2.87. The van der Waals surface area contributed by atoms with E-state index in [-0.39, 0.29) is 0 Å². The maximum absolute atomic E-state index is 11.0. The number of nitrogens with one attached hydrogen (secondary N) is 1. The van der Waals surface area contributed by atoms with Gasteiger partial charge in [-0.25, -0.2) is 4.79 Å². The lowest BCUT2D eigenvalue weighted by Gasteiger charge is -2.06. The Hall–Kier alpha value is -1.58. The molecule has 1 aromatic rings. The molecule has 0 aliphatic carbocycles. The van der Waals surface area contributed by atoms with Crippen LogP contribution < -0.4 is 5.32 Å². The highest BCUT2D eigenvalue weighted by Gasteiger charge is 2.03. The molecule has 0 radical (unpaired) electrons. The molecule has 15 heavy (non-hydrogen) atoms. The molecular weight excluding hydrogens is 192 g/mol. The summed E-state index contributed by atoms with van der Waals surface area (Å²) in [7, 11) is 0. The third-order valence-corrected chi connectivity index (χ3v) is 1.53. The van der Waals surface area contributed by atoms with Gasteiger partial charge in [-0.05, 0) is 25.5 Å². The van der Waals surface area contributed by atoms with Gasteiger partial charge in [0.05, 0.1) is 6.61 Å². The summed E-state index contributed by atoms with van der Waals surface area (Å²) < 4.78 is 4.73. The molecule has 4 nitrogen and oxygen atoms in total. The molecule has 0 bridgehead atoms. The van der Waals surface area contributed by atoms with Gasteiger partial charge in [-0.3, -0.25) is 10.3 Å². The van der Waals surface area contributed by atoms with E-state index in [0.29, 0.717) is 6.61 Å². The van der Waals surface area contributed by atoms with Crippen LogP contribution in [0.15, 0.2) is 18.5 Å². The minimum Gasteiger partial charge on any atom is -0.450 e. The van der Waals surface area contributed by atoms with Gasteiger partial charge >= 0.3 is 6.09 Å². The van der Waals surface area contributed by atoms with Crippen molar-refractivity contribution in [3.63, 3.8) is 0 Å². The number of nitrogens with zero attached hydrogens (tertiary/aromatic N) is 1. The van der Waals surface area contributed by atoms with E-state index in [1.165, 1.54) is 0 Å². The summed E-state index contributed by atoms with van der Waals surface area (Å²) in [5.41, 5.74) is 1.64. The number of hydrogen-bond donors (Lipinski definition) is 1. The van der Waals surface area contributed by atoms with Gasteiger partial charge in [0.25, 0.3) is 0 Å². The zero-order valence-corrected chi connectivity index (χ0v) is 9.70. The Morgan fingerprint density at radius 3 is 2.73 bits per heavy atom. The van der Waals surface area contributed by atoms with Gasteiger partial charge in [-0.2, -0.15) is 0 Å². The molecule has 0 aromatic carbocycles. The highest BCUT2D eigenvalue weighted by atomic mass is 16.5. The van der Waals surface area contributed by atoms with Crippen LogP contribution in [-0.4, -0.2) is 17.7 Å². The predicted molar refractivity (Wildman–Crippen MR) is 61.0 cm³/mol. The number of anilines is 1. The highest BCUT2D eigenvalue weighted by Crippen LogP contribution is 2.11. The average Bonchev–Trinajstić information content (AvgIpc) is 2.25. The first-order valence-corrected chi connectivity index (χ1v) is 5.08. The minimum absolute atomic E-state index is 0.371. The lowest BCUT2D eigenvalue weighted by Crippen LogP contribution is -2.14. The zero-order valence-electron chi connectivity index (χ0n) is 9.70. The molecule has 0 aliphatic rings. The summed E-state index contributed by atoms with van der Waals surface area (Å²) >= 11 is 0. The number of carbonyl (C=O) groups excluding carboxylic acids is 1. The molecule has 1 rings (SSSR count). The Kier molecular flexibility index (Phi) is 6.97. The van der Waals surface area contributed by atoms with Crippen molar-refractivity contribution in [1.82, 2.24) is 4.98 Å². The van der Waals surface area contributed by atoms with E-state index in [1.54, 1.807) is 25.4 Å². The lowest BCUT2D eigenvalue weighted by molar-refractivity contribution is 0.168. The molecule has 84 valence electrons. The van der Waals surface area contributed by atoms with Crippen LogP contribution in [-0.2, 0) is 4.74 Å². The van der Waals surface area contributed by atoms with Crippen molar-refractivity contribution in [3.8, 4) is 0 Å². The number of rotatable bonds is 2. The van der Waals surface area contributed by atoms with E-state index in [2.05, 4.69) is 10.3 Å². The monoisotopic (exact) mass is 210 g/mol. The normalized spacial score (nSPS) is 8.53. The molecule has 0 fully saturated rings. The van der Waals surface area contributed by atoms with Crippen LogP contribution in [0.2, 0.25) is 0 Å². The Morgan fingerprint density at radius 1 is 1.53 bits per heavy atom. The molecule has 0 unspecified atom stereocenters. The van der Waals surface area contributed by atoms with Gasteiger partial charge in [-0.15, -0.1) is 0 Å². The SMILES string of the molecule is CC.CCOC(=O)Nc1ccncc1C. The molecular formula is C11H18N2O2. The van der Waals surface area contributed by atoms with Crippen molar-refractivity contribution in [1.29, 1.82) is 0 Å². The van der Waals surface area contributed by atoms with Gasteiger partial charge in [0.2, 0.25) is 0 Å². The molecule has 1 aromatic heterocycles. The first kappa shape index (κ1) is 13.4. The lowest BCUT2D eigenvalue weighted by atomic mass is 10.3. The smallest absolute Gasteiger partial charge is 0.411 e. The number of aromatic nitrogens is 1. The van der Waals surface area contributed by atoms with Gasteiger partial charge in [0.15, 0.2) is 0 Å². The summed E-state index contributed by atoms with van der Waals surface area (Å²) in [6, 6.07) is 1.73. The standard InChI is InChI=1S/C9H12N2O2.C2H6/c1-3-13-9(12)11-8-4-5-10-6-7(8)2;1-2/h4-6H,3H2,1-2H3,(H,10,11,12);1-2H3. The van der Waals surface area contributed by atoms with Gasteiger partial charge in [-0.1, -0.05) is 13.8 Å². The van der Waals surface area contributed by atoms with E-state index in [0.717, 1.165) is 11.3 Å². The van der Waals surface area contributed by atoms with Crippen molar-refractivity contribution in [2.75, 3.05) is 11.9 Å². The van der Waals surface area contributed by atoms with E-state index in [1.807, 2.05) is 20.8 Å². The number of pyridine rings is 1. The molecule has 4 heteroatoms. The zero-order chi connectivity index (χ0) is 11.7. The number of aryl methyl sites for hydroxylation is 1. The summed E-state index contributed by atoms with van der Waals surface area (Å²) in [6.45, 7) is 8.00. The molecule has 1 heterocycles. The molecule has 1 N–H and O–H groups in total. The van der Waals surface area contributed by atoms with Gasteiger partial charge < -0.3 is 4.74 Å². The van der Waals surface area contributed by atoms with E-state index >= 15 is 0 Å². The summed E-state index contributed by atoms with van der Waals surface area (Å²) in [5, 5.41) is 2.61. The van der Waals surface area contributed by atoms with Gasteiger partial charge in [0.1, 0.15) is 0 Å². The van der Waals surface area contributed by atoms with Crippen LogP contribution in [0.1, 0.15) is 26.3 Å². The van der Waals surface area contributed by atoms with Crippen LogP contribution in [0.25, 0.3) is 0 Å². The van der Waals surface area contributed by atoms with Gasteiger partial charge in [0, 0.05) is 18.1 Å². The molecule has 1 amide bonds. The van der Waals surface area contributed by atoms with Crippen LogP contribution in [0.4, 0.5) is 10.5 Å². The van der Waals surface area contributed by atoms with Crippen molar-refractivity contribution in [3.05, 3.63) is 24.0 Å². The summed E-state index contributed by atoms with van der Waals surface area (Å²) in [5.74, 6) is 0. The molecule has 0 saturated carbocycles. The Balaban J connectivity index is 0.000000921. The number of amides is 1. The third-order valence-electron chi connectivity index (χ3n) is 1.53. The maximum Gasteiger partial charge on any atom is 0.411 e. The number of ether oxygens (including phenoxy) is 1. The predicted octanol–water partition coefficient (Wildman–Crippen LogP) is 2.98. The van der Waals surface area contributed by atoms with Crippen molar-refractivity contribution >= 4 is 11.8 Å². The summed E-state index contributed by atoms with van der Waals surface area (Å²) in [4.78, 5) is 14.9.